The Morgan fingerprint density at radius 1 is 1.08 bits per heavy atom. The number of amides is 2. The standard InChI is InChI=1S/C19H29N3O2S/c23-18(20-9-13-21-10-3-1-2-4-11-21)5-6-19(24)22-12-7-17-16(15-22)8-14-25-17/h8,14H,1-7,9-13,15H2,(H,20,23). The van der Waals surface area contributed by atoms with E-state index in [-0.39, 0.29) is 11.8 Å². The first-order chi connectivity index (χ1) is 12.2. The van der Waals surface area contributed by atoms with Crippen molar-refractivity contribution in [2.45, 2.75) is 51.5 Å². The van der Waals surface area contributed by atoms with E-state index in [0.29, 0.717) is 25.9 Å². The summed E-state index contributed by atoms with van der Waals surface area (Å²) < 4.78 is 0. The van der Waals surface area contributed by atoms with Crippen molar-refractivity contribution in [3.05, 3.63) is 21.9 Å². The predicted molar refractivity (Wildman–Crippen MR) is 101 cm³/mol. The van der Waals surface area contributed by atoms with E-state index < -0.39 is 0 Å². The van der Waals surface area contributed by atoms with E-state index in [1.807, 2.05) is 4.90 Å². The fourth-order valence-corrected chi connectivity index (χ4v) is 4.53. The second kappa shape index (κ2) is 9.34. The molecular formula is C19H29N3O2S. The van der Waals surface area contributed by atoms with Crippen LogP contribution in [-0.4, -0.2) is 54.3 Å². The number of nitrogens with zero attached hydrogens (tertiary/aromatic N) is 2. The average molecular weight is 364 g/mol. The van der Waals surface area contributed by atoms with Gasteiger partial charge in [0.25, 0.3) is 0 Å². The molecule has 0 radical (unpaired) electrons. The van der Waals surface area contributed by atoms with Crippen LogP contribution < -0.4 is 5.32 Å². The first-order valence-corrected chi connectivity index (χ1v) is 10.4. The molecule has 0 unspecified atom stereocenters. The summed E-state index contributed by atoms with van der Waals surface area (Å²) >= 11 is 1.77. The van der Waals surface area contributed by atoms with Crippen molar-refractivity contribution in [2.75, 3.05) is 32.7 Å². The van der Waals surface area contributed by atoms with Crippen LogP contribution in [0.2, 0.25) is 0 Å². The molecule has 0 aromatic carbocycles. The minimum Gasteiger partial charge on any atom is -0.355 e. The molecule has 2 amide bonds. The van der Waals surface area contributed by atoms with Crippen LogP contribution >= 0.6 is 11.3 Å². The van der Waals surface area contributed by atoms with Crippen LogP contribution in [0.5, 0.6) is 0 Å². The molecule has 1 aromatic rings. The van der Waals surface area contributed by atoms with Gasteiger partial charge in [-0.05, 0) is 49.4 Å². The van der Waals surface area contributed by atoms with E-state index >= 15 is 0 Å². The molecule has 0 spiro atoms. The molecule has 3 heterocycles. The van der Waals surface area contributed by atoms with Crippen LogP contribution in [0.4, 0.5) is 0 Å². The maximum atomic E-state index is 12.3. The number of nitrogens with one attached hydrogen (secondary N) is 1. The summed E-state index contributed by atoms with van der Waals surface area (Å²) in [6.45, 7) is 5.39. The lowest BCUT2D eigenvalue weighted by molar-refractivity contribution is -0.134. The first kappa shape index (κ1) is 18.4. The van der Waals surface area contributed by atoms with Crippen LogP contribution in [-0.2, 0) is 22.6 Å². The number of carbonyl (C=O) groups excluding carboxylic acids is 2. The van der Waals surface area contributed by atoms with E-state index in [0.717, 1.165) is 32.6 Å². The van der Waals surface area contributed by atoms with Gasteiger partial charge in [0.05, 0.1) is 0 Å². The van der Waals surface area contributed by atoms with Crippen LogP contribution in [0, 0.1) is 0 Å². The van der Waals surface area contributed by atoms with Crippen LogP contribution in [0.1, 0.15) is 49.0 Å². The molecule has 1 fully saturated rings. The lowest BCUT2D eigenvalue weighted by Gasteiger charge is -2.27. The van der Waals surface area contributed by atoms with E-state index in [9.17, 15) is 9.59 Å². The number of thiophene rings is 1. The Kier molecular flexibility index (Phi) is 6.87. The average Bonchev–Trinajstić information content (AvgIpc) is 2.94. The highest BCUT2D eigenvalue weighted by Gasteiger charge is 2.21. The van der Waals surface area contributed by atoms with Gasteiger partial charge in [-0.1, -0.05) is 12.8 Å². The summed E-state index contributed by atoms with van der Waals surface area (Å²) in [5.41, 5.74) is 1.27. The lowest BCUT2D eigenvalue weighted by Crippen LogP contribution is -2.37. The molecule has 1 aromatic heterocycles. The molecule has 25 heavy (non-hydrogen) atoms. The Hall–Kier alpha value is -1.40. The Labute approximate surface area is 154 Å². The number of hydrogen-bond acceptors (Lipinski definition) is 4. The molecule has 138 valence electrons. The third kappa shape index (κ3) is 5.54. The molecule has 2 aliphatic rings. The van der Waals surface area contributed by atoms with Gasteiger partial charge in [-0.3, -0.25) is 9.59 Å². The maximum Gasteiger partial charge on any atom is 0.223 e. The maximum absolute atomic E-state index is 12.3. The zero-order valence-corrected chi connectivity index (χ0v) is 15.8. The molecule has 5 nitrogen and oxygen atoms in total. The summed E-state index contributed by atoms with van der Waals surface area (Å²) in [6.07, 6.45) is 6.75. The summed E-state index contributed by atoms with van der Waals surface area (Å²) in [4.78, 5) is 30.1. The summed E-state index contributed by atoms with van der Waals surface area (Å²) in [5.74, 6) is 0.0934. The number of hydrogen-bond donors (Lipinski definition) is 1. The fraction of sp³-hybridized carbons (Fsp3) is 0.684. The second-order valence-electron chi connectivity index (χ2n) is 7.04. The minimum atomic E-state index is -0.00333. The van der Waals surface area contributed by atoms with E-state index in [1.54, 1.807) is 11.3 Å². The largest absolute Gasteiger partial charge is 0.355 e. The van der Waals surface area contributed by atoms with Crippen LogP contribution in [0.3, 0.4) is 0 Å². The van der Waals surface area contributed by atoms with Crippen molar-refractivity contribution >= 4 is 23.2 Å². The van der Waals surface area contributed by atoms with Crippen molar-refractivity contribution in [3.63, 3.8) is 0 Å². The third-order valence-electron chi connectivity index (χ3n) is 5.18. The first-order valence-electron chi connectivity index (χ1n) is 9.54. The topological polar surface area (TPSA) is 52.7 Å². The zero-order valence-electron chi connectivity index (χ0n) is 15.0. The van der Waals surface area contributed by atoms with Crippen LogP contribution in [0.25, 0.3) is 0 Å². The predicted octanol–water partition coefficient (Wildman–Crippen LogP) is 2.41. The number of fused-ring (bicyclic) bond motifs is 1. The molecule has 6 heteroatoms. The Morgan fingerprint density at radius 2 is 1.88 bits per heavy atom. The van der Waals surface area contributed by atoms with Crippen LogP contribution in [0.15, 0.2) is 11.4 Å². The fourth-order valence-electron chi connectivity index (χ4n) is 3.64. The van der Waals surface area contributed by atoms with E-state index in [4.69, 9.17) is 0 Å². The van der Waals surface area contributed by atoms with Gasteiger partial charge < -0.3 is 15.1 Å². The lowest BCUT2D eigenvalue weighted by atomic mass is 10.1. The molecule has 3 rings (SSSR count). The SMILES string of the molecule is O=C(CCC(=O)N1CCc2sccc2C1)NCCN1CCCCCC1. The monoisotopic (exact) mass is 363 g/mol. The summed E-state index contributed by atoms with van der Waals surface area (Å²) in [5, 5.41) is 5.06. The zero-order chi connectivity index (χ0) is 17.5. The minimum absolute atomic E-state index is 0.00333. The molecule has 1 N–H and O–H groups in total. The molecule has 0 saturated carbocycles. The van der Waals surface area contributed by atoms with E-state index in [2.05, 4.69) is 21.7 Å². The van der Waals surface area contributed by atoms with E-state index in [1.165, 1.54) is 36.1 Å². The molecule has 1 saturated heterocycles. The van der Waals surface area contributed by atoms with Gasteiger partial charge >= 0.3 is 0 Å². The number of carbonyl (C=O) groups is 2. The van der Waals surface area contributed by atoms with Gasteiger partial charge in [0.1, 0.15) is 0 Å². The number of rotatable bonds is 6. The third-order valence-corrected chi connectivity index (χ3v) is 6.20. The summed E-state index contributed by atoms with van der Waals surface area (Å²) in [6, 6.07) is 2.11. The van der Waals surface area contributed by atoms with Gasteiger partial charge in [0.15, 0.2) is 0 Å². The normalized spacial score (nSPS) is 18.5. The quantitative estimate of drug-likeness (QED) is 0.844. The van der Waals surface area contributed by atoms with Gasteiger partial charge in [0.2, 0.25) is 11.8 Å². The van der Waals surface area contributed by atoms with Gasteiger partial charge in [-0.15, -0.1) is 11.3 Å². The van der Waals surface area contributed by atoms with Crippen molar-refractivity contribution in [2.24, 2.45) is 0 Å². The summed E-state index contributed by atoms with van der Waals surface area (Å²) in [7, 11) is 0. The van der Waals surface area contributed by atoms with Crippen molar-refractivity contribution in [3.8, 4) is 0 Å². The Morgan fingerprint density at radius 3 is 2.68 bits per heavy atom. The molecular weight excluding hydrogens is 334 g/mol. The highest BCUT2D eigenvalue weighted by atomic mass is 32.1. The van der Waals surface area contributed by atoms with Crippen molar-refractivity contribution in [1.82, 2.24) is 15.1 Å². The van der Waals surface area contributed by atoms with Crippen molar-refractivity contribution < 1.29 is 9.59 Å². The molecule has 0 bridgehead atoms. The Bertz CT molecular complexity index is 579. The molecule has 2 aliphatic heterocycles. The van der Waals surface area contributed by atoms with Crippen molar-refractivity contribution in [1.29, 1.82) is 0 Å². The highest BCUT2D eigenvalue weighted by molar-refractivity contribution is 7.10. The van der Waals surface area contributed by atoms with Gasteiger partial charge in [0, 0.05) is 43.9 Å². The smallest absolute Gasteiger partial charge is 0.223 e. The molecule has 0 atom stereocenters. The van der Waals surface area contributed by atoms with Gasteiger partial charge in [-0.2, -0.15) is 0 Å². The number of likely N-dealkylation sites (tertiary alicyclic amines) is 1. The molecule has 0 aliphatic carbocycles. The Balaban J connectivity index is 1.31. The second-order valence-corrected chi connectivity index (χ2v) is 8.04. The highest BCUT2D eigenvalue weighted by Crippen LogP contribution is 2.24. The van der Waals surface area contributed by atoms with Gasteiger partial charge in [-0.25, -0.2) is 0 Å².